The van der Waals surface area contributed by atoms with Crippen molar-refractivity contribution in [3.8, 4) is 0 Å². The van der Waals surface area contributed by atoms with Gasteiger partial charge in [0.15, 0.2) is 0 Å². The Balaban J connectivity index is 1.69. The first-order valence-electron chi connectivity index (χ1n) is 10.6. The van der Waals surface area contributed by atoms with E-state index in [4.69, 9.17) is 0 Å². The fraction of sp³-hybridized carbons (Fsp3) is 0.240. The number of carbonyl (C=O) groups excluding carboxylic acids is 1. The molecule has 1 heterocycles. The number of carbonyl (C=O) groups is 1. The summed E-state index contributed by atoms with van der Waals surface area (Å²) < 4.78 is 28.8. The van der Waals surface area contributed by atoms with E-state index in [0.717, 1.165) is 37.9 Å². The average molecular weight is 435 g/mol. The first-order valence-corrected chi connectivity index (χ1v) is 12.0. The summed E-state index contributed by atoms with van der Waals surface area (Å²) in [7, 11) is -3.88. The molecule has 1 fully saturated rings. The monoisotopic (exact) mass is 434 g/mol. The van der Waals surface area contributed by atoms with Crippen molar-refractivity contribution in [1.29, 1.82) is 0 Å². The van der Waals surface area contributed by atoms with Crippen molar-refractivity contribution < 1.29 is 13.2 Å². The number of anilines is 1. The molecule has 0 radical (unpaired) electrons. The zero-order valence-electron chi connectivity index (χ0n) is 17.4. The minimum Gasteiger partial charge on any atom is -0.339 e. The number of amides is 1. The molecule has 0 unspecified atom stereocenters. The highest BCUT2D eigenvalue weighted by molar-refractivity contribution is 7.92. The molecule has 0 bridgehead atoms. The van der Waals surface area contributed by atoms with Gasteiger partial charge in [-0.2, -0.15) is 0 Å². The van der Waals surface area contributed by atoms with Gasteiger partial charge in [0.05, 0.1) is 17.1 Å². The van der Waals surface area contributed by atoms with Crippen LogP contribution in [0.4, 0.5) is 5.69 Å². The van der Waals surface area contributed by atoms with Gasteiger partial charge in [-0.05, 0) is 55.2 Å². The molecule has 31 heavy (non-hydrogen) atoms. The normalized spacial score (nSPS) is 14.3. The molecule has 0 spiro atoms. The summed E-state index contributed by atoms with van der Waals surface area (Å²) >= 11 is 0. The van der Waals surface area contributed by atoms with Gasteiger partial charge in [-0.1, -0.05) is 54.6 Å². The van der Waals surface area contributed by atoms with Crippen molar-refractivity contribution in [2.24, 2.45) is 0 Å². The minimum atomic E-state index is -3.88. The highest BCUT2D eigenvalue weighted by Gasteiger charge is 2.27. The summed E-state index contributed by atoms with van der Waals surface area (Å²) in [5.74, 6) is -0.105. The molecule has 0 saturated carbocycles. The van der Waals surface area contributed by atoms with Gasteiger partial charge in [-0.15, -0.1) is 0 Å². The van der Waals surface area contributed by atoms with Gasteiger partial charge in [0, 0.05) is 18.7 Å². The topological polar surface area (TPSA) is 57.7 Å². The number of hydrogen-bond donors (Lipinski definition) is 0. The molecule has 0 aliphatic carbocycles. The summed E-state index contributed by atoms with van der Waals surface area (Å²) in [4.78, 5) is 14.9. The van der Waals surface area contributed by atoms with Crippen LogP contribution in [0.5, 0.6) is 0 Å². The lowest BCUT2D eigenvalue weighted by Crippen LogP contribution is -2.36. The minimum absolute atomic E-state index is 0.105. The van der Waals surface area contributed by atoms with Gasteiger partial charge < -0.3 is 4.90 Å². The van der Waals surface area contributed by atoms with Crippen LogP contribution in [0.15, 0.2) is 89.8 Å². The van der Waals surface area contributed by atoms with E-state index >= 15 is 0 Å². The maximum absolute atomic E-state index is 13.7. The lowest BCUT2D eigenvalue weighted by atomic mass is 10.1. The SMILES string of the molecule is O=C(c1cccc(S(=O)(=O)N(Cc2ccccc2)c2ccccc2)c1)N1CCCCC1. The Bertz CT molecular complexity index is 1130. The summed E-state index contributed by atoms with van der Waals surface area (Å²) in [5, 5.41) is 0. The summed E-state index contributed by atoms with van der Waals surface area (Å²) in [6.07, 6.45) is 3.11. The van der Waals surface area contributed by atoms with Crippen LogP contribution in [0, 0.1) is 0 Å². The van der Waals surface area contributed by atoms with Gasteiger partial charge in [0.1, 0.15) is 0 Å². The van der Waals surface area contributed by atoms with Gasteiger partial charge >= 0.3 is 0 Å². The molecule has 1 aliphatic heterocycles. The molecule has 0 N–H and O–H groups in total. The molecule has 160 valence electrons. The number of rotatable bonds is 6. The molecular weight excluding hydrogens is 408 g/mol. The third kappa shape index (κ3) is 4.80. The van der Waals surface area contributed by atoms with Crippen LogP contribution < -0.4 is 4.31 Å². The van der Waals surface area contributed by atoms with E-state index in [0.29, 0.717) is 11.3 Å². The number of benzene rings is 3. The number of sulfonamides is 1. The van der Waals surface area contributed by atoms with Crippen molar-refractivity contribution in [1.82, 2.24) is 4.90 Å². The van der Waals surface area contributed by atoms with Crippen molar-refractivity contribution in [2.45, 2.75) is 30.7 Å². The number of piperidine rings is 1. The van der Waals surface area contributed by atoms with Crippen molar-refractivity contribution in [3.63, 3.8) is 0 Å². The Morgan fingerprint density at radius 3 is 2.13 bits per heavy atom. The molecule has 6 heteroatoms. The molecule has 0 aromatic heterocycles. The van der Waals surface area contributed by atoms with Crippen LogP contribution in [0.1, 0.15) is 35.2 Å². The van der Waals surface area contributed by atoms with E-state index in [1.165, 1.54) is 10.4 Å². The maximum Gasteiger partial charge on any atom is 0.264 e. The van der Waals surface area contributed by atoms with Crippen LogP contribution in [0.2, 0.25) is 0 Å². The van der Waals surface area contributed by atoms with E-state index in [2.05, 4.69) is 0 Å². The predicted octanol–water partition coefficient (Wildman–Crippen LogP) is 4.71. The Labute approximate surface area is 184 Å². The number of para-hydroxylation sites is 1. The fourth-order valence-electron chi connectivity index (χ4n) is 3.85. The molecular formula is C25H26N2O3S. The molecule has 4 rings (SSSR count). The van der Waals surface area contributed by atoms with E-state index in [-0.39, 0.29) is 17.3 Å². The zero-order valence-corrected chi connectivity index (χ0v) is 18.2. The van der Waals surface area contributed by atoms with Crippen molar-refractivity contribution >= 4 is 21.6 Å². The Morgan fingerprint density at radius 2 is 1.45 bits per heavy atom. The van der Waals surface area contributed by atoms with E-state index in [1.807, 2.05) is 53.4 Å². The third-order valence-electron chi connectivity index (χ3n) is 5.53. The quantitative estimate of drug-likeness (QED) is 0.565. The van der Waals surface area contributed by atoms with E-state index in [9.17, 15) is 13.2 Å². The molecule has 5 nitrogen and oxygen atoms in total. The summed E-state index contributed by atoms with van der Waals surface area (Å²) in [5.41, 5.74) is 1.88. The van der Waals surface area contributed by atoms with Gasteiger partial charge in [-0.25, -0.2) is 8.42 Å². The number of nitrogens with zero attached hydrogens (tertiary/aromatic N) is 2. The molecule has 0 atom stereocenters. The van der Waals surface area contributed by atoms with Gasteiger partial charge in [0.25, 0.3) is 15.9 Å². The Hall–Kier alpha value is -3.12. The third-order valence-corrected chi connectivity index (χ3v) is 7.30. The maximum atomic E-state index is 13.7. The van der Waals surface area contributed by atoms with Crippen molar-refractivity contribution in [3.05, 3.63) is 96.1 Å². The number of hydrogen-bond acceptors (Lipinski definition) is 3. The van der Waals surface area contributed by atoms with E-state index in [1.54, 1.807) is 30.3 Å². The smallest absolute Gasteiger partial charge is 0.264 e. The Morgan fingerprint density at radius 1 is 0.806 bits per heavy atom. The van der Waals surface area contributed by atoms with Crippen LogP contribution in [-0.2, 0) is 16.6 Å². The Kier molecular flexibility index (Phi) is 6.37. The summed E-state index contributed by atoms with van der Waals surface area (Å²) in [6.45, 7) is 1.65. The van der Waals surface area contributed by atoms with Gasteiger partial charge in [-0.3, -0.25) is 9.10 Å². The second-order valence-corrected chi connectivity index (χ2v) is 9.58. The average Bonchev–Trinajstić information content (AvgIpc) is 2.84. The first-order chi connectivity index (χ1) is 15.1. The second-order valence-electron chi connectivity index (χ2n) is 7.71. The van der Waals surface area contributed by atoms with Crippen molar-refractivity contribution in [2.75, 3.05) is 17.4 Å². The molecule has 1 aliphatic rings. The molecule has 1 amide bonds. The highest BCUT2D eigenvalue weighted by atomic mass is 32.2. The molecule has 1 saturated heterocycles. The zero-order chi connectivity index (χ0) is 21.7. The largest absolute Gasteiger partial charge is 0.339 e. The van der Waals surface area contributed by atoms with Gasteiger partial charge in [0.2, 0.25) is 0 Å². The van der Waals surface area contributed by atoms with E-state index < -0.39 is 10.0 Å². The fourth-order valence-corrected chi connectivity index (χ4v) is 5.35. The standard InChI is InChI=1S/C25H26N2O3S/c28-25(26-17-8-3-9-18-26)22-13-10-16-24(19-22)31(29,30)27(23-14-6-2-7-15-23)20-21-11-4-1-5-12-21/h1-2,4-7,10-16,19H,3,8-9,17-18,20H2. The molecule has 3 aromatic carbocycles. The van der Waals surface area contributed by atoms with Crippen LogP contribution in [0.25, 0.3) is 0 Å². The predicted molar refractivity (Wildman–Crippen MR) is 122 cm³/mol. The second kappa shape index (κ2) is 9.35. The molecule has 3 aromatic rings. The lowest BCUT2D eigenvalue weighted by Gasteiger charge is -2.27. The number of likely N-dealkylation sites (tertiary alicyclic amines) is 1. The summed E-state index contributed by atoms with van der Waals surface area (Å²) in [6, 6.07) is 25.0. The van der Waals surface area contributed by atoms with Crippen LogP contribution in [0.3, 0.4) is 0 Å². The van der Waals surface area contributed by atoms with Crippen LogP contribution in [-0.4, -0.2) is 32.3 Å². The highest BCUT2D eigenvalue weighted by Crippen LogP contribution is 2.27. The first kappa shape index (κ1) is 21.1. The lowest BCUT2D eigenvalue weighted by molar-refractivity contribution is 0.0724. The van der Waals surface area contributed by atoms with Crippen LogP contribution >= 0.6 is 0 Å².